The normalized spacial score (nSPS) is 11.1. The molecule has 0 aliphatic rings. The highest BCUT2D eigenvalue weighted by atomic mass is 16.3. The van der Waals surface area contributed by atoms with Gasteiger partial charge in [0, 0.05) is 23.3 Å². The molecule has 0 fully saturated rings. The second-order valence-corrected chi connectivity index (χ2v) is 3.91. The second kappa shape index (κ2) is 4.07. The maximum Gasteiger partial charge on any atom is 0.134 e. The van der Waals surface area contributed by atoms with Crippen LogP contribution in [0, 0.1) is 0 Å². The van der Waals surface area contributed by atoms with Gasteiger partial charge in [0.2, 0.25) is 0 Å². The molecule has 1 aromatic carbocycles. The lowest BCUT2D eigenvalue weighted by atomic mass is 10.1. The molecule has 3 rings (SSSR count). The SMILES string of the molecule is NCc1oc2ccccc2c1Cn1cccn1. The number of furan rings is 1. The lowest BCUT2D eigenvalue weighted by Crippen LogP contribution is -2.04. The first kappa shape index (κ1) is 10.1. The van der Waals surface area contributed by atoms with Gasteiger partial charge in [0.15, 0.2) is 0 Å². The predicted octanol–water partition coefficient (Wildman–Crippen LogP) is 2.14. The third kappa shape index (κ3) is 1.72. The van der Waals surface area contributed by atoms with Crippen LogP contribution in [0.3, 0.4) is 0 Å². The van der Waals surface area contributed by atoms with Gasteiger partial charge in [-0.1, -0.05) is 18.2 Å². The largest absolute Gasteiger partial charge is 0.459 e. The molecule has 0 bridgehead atoms. The summed E-state index contributed by atoms with van der Waals surface area (Å²) in [7, 11) is 0. The minimum absolute atomic E-state index is 0.408. The van der Waals surface area contributed by atoms with E-state index < -0.39 is 0 Å². The van der Waals surface area contributed by atoms with Crippen molar-refractivity contribution >= 4 is 11.0 Å². The van der Waals surface area contributed by atoms with Crippen LogP contribution in [0.2, 0.25) is 0 Å². The summed E-state index contributed by atoms with van der Waals surface area (Å²) in [6.07, 6.45) is 3.70. The molecule has 4 heteroatoms. The molecule has 2 N–H and O–H groups in total. The molecule has 2 aromatic heterocycles. The van der Waals surface area contributed by atoms with E-state index in [-0.39, 0.29) is 0 Å². The standard InChI is InChI=1S/C13H13N3O/c14-8-13-11(9-16-7-3-6-15-16)10-4-1-2-5-12(10)17-13/h1-7H,8-9,14H2. The van der Waals surface area contributed by atoms with E-state index in [9.17, 15) is 0 Å². The smallest absolute Gasteiger partial charge is 0.134 e. The van der Waals surface area contributed by atoms with Crippen molar-refractivity contribution in [3.8, 4) is 0 Å². The third-order valence-electron chi connectivity index (χ3n) is 2.85. The Morgan fingerprint density at radius 3 is 2.88 bits per heavy atom. The summed E-state index contributed by atoms with van der Waals surface area (Å²) in [5.41, 5.74) is 7.72. The van der Waals surface area contributed by atoms with Gasteiger partial charge >= 0.3 is 0 Å². The molecule has 0 amide bonds. The number of hydrogen-bond acceptors (Lipinski definition) is 3. The van der Waals surface area contributed by atoms with Gasteiger partial charge in [-0.05, 0) is 12.1 Å². The van der Waals surface area contributed by atoms with Crippen LogP contribution in [0.15, 0.2) is 47.1 Å². The Morgan fingerprint density at radius 2 is 2.12 bits per heavy atom. The van der Waals surface area contributed by atoms with Gasteiger partial charge < -0.3 is 10.2 Å². The molecular formula is C13H13N3O. The molecule has 2 heterocycles. The topological polar surface area (TPSA) is 57.0 Å². The zero-order valence-electron chi connectivity index (χ0n) is 9.34. The summed E-state index contributed by atoms with van der Waals surface area (Å²) >= 11 is 0. The average Bonchev–Trinajstić information content (AvgIpc) is 2.98. The molecule has 0 aliphatic carbocycles. The maximum atomic E-state index is 5.73. The number of para-hydroxylation sites is 1. The number of nitrogens with zero attached hydrogens (tertiary/aromatic N) is 2. The lowest BCUT2D eigenvalue weighted by Gasteiger charge is -2.01. The highest BCUT2D eigenvalue weighted by Gasteiger charge is 2.12. The molecule has 86 valence electrons. The fourth-order valence-corrected chi connectivity index (χ4v) is 2.04. The Morgan fingerprint density at radius 1 is 1.24 bits per heavy atom. The highest BCUT2D eigenvalue weighted by molar-refractivity contribution is 5.82. The second-order valence-electron chi connectivity index (χ2n) is 3.91. The van der Waals surface area contributed by atoms with E-state index in [1.54, 1.807) is 6.20 Å². The van der Waals surface area contributed by atoms with Crippen LogP contribution in [-0.2, 0) is 13.1 Å². The van der Waals surface area contributed by atoms with Gasteiger partial charge in [0.1, 0.15) is 11.3 Å². The summed E-state index contributed by atoms with van der Waals surface area (Å²) < 4.78 is 7.60. The molecule has 0 spiro atoms. The summed E-state index contributed by atoms with van der Waals surface area (Å²) in [4.78, 5) is 0. The summed E-state index contributed by atoms with van der Waals surface area (Å²) in [6, 6.07) is 9.89. The van der Waals surface area contributed by atoms with E-state index >= 15 is 0 Å². The summed E-state index contributed by atoms with van der Waals surface area (Å²) in [5, 5.41) is 5.32. The van der Waals surface area contributed by atoms with Crippen molar-refractivity contribution in [1.29, 1.82) is 0 Å². The maximum absolute atomic E-state index is 5.73. The minimum Gasteiger partial charge on any atom is -0.459 e. The number of benzene rings is 1. The van der Waals surface area contributed by atoms with E-state index in [1.165, 1.54) is 0 Å². The van der Waals surface area contributed by atoms with Crippen molar-refractivity contribution < 1.29 is 4.42 Å². The van der Waals surface area contributed by atoms with Gasteiger partial charge in [-0.15, -0.1) is 0 Å². The number of rotatable bonds is 3. The zero-order valence-corrected chi connectivity index (χ0v) is 9.34. The van der Waals surface area contributed by atoms with Gasteiger partial charge in [-0.2, -0.15) is 5.10 Å². The minimum atomic E-state index is 0.408. The highest BCUT2D eigenvalue weighted by Crippen LogP contribution is 2.26. The Bertz CT molecular complexity index is 625. The first-order valence-electron chi connectivity index (χ1n) is 5.55. The summed E-state index contributed by atoms with van der Waals surface area (Å²) in [5.74, 6) is 0.835. The van der Waals surface area contributed by atoms with Crippen molar-refractivity contribution in [1.82, 2.24) is 9.78 Å². The van der Waals surface area contributed by atoms with Gasteiger partial charge in [0.05, 0.1) is 13.1 Å². The van der Waals surface area contributed by atoms with Crippen LogP contribution in [0.1, 0.15) is 11.3 Å². The third-order valence-corrected chi connectivity index (χ3v) is 2.85. The van der Waals surface area contributed by atoms with Crippen molar-refractivity contribution in [3.05, 3.63) is 54.0 Å². The van der Waals surface area contributed by atoms with E-state index in [1.807, 2.05) is 35.1 Å². The van der Waals surface area contributed by atoms with Crippen LogP contribution in [0.25, 0.3) is 11.0 Å². The first-order chi connectivity index (χ1) is 8.38. The number of fused-ring (bicyclic) bond motifs is 1. The Balaban J connectivity index is 2.12. The van der Waals surface area contributed by atoms with Crippen molar-refractivity contribution in [2.75, 3.05) is 0 Å². The van der Waals surface area contributed by atoms with Crippen LogP contribution in [-0.4, -0.2) is 9.78 Å². The van der Waals surface area contributed by atoms with Gasteiger partial charge in [-0.3, -0.25) is 4.68 Å². The number of hydrogen-bond donors (Lipinski definition) is 1. The fraction of sp³-hybridized carbons (Fsp3) is 0.154. The Labute approximate surface area is 98.6 Å². The molecule has 0 radical (unpaired) electrons. The molecule has 4 nitrogen and oxygen atoms in total. The average molecular weight is 227 g/mol. The Kier molecular flexibility index (Phi) is 2.42. The molecule has 0 atom stereocenters. The first-order valence-corrected chi connectivity index (χ1v) is 5.55. The molecule has 0 unspecified atom stereocenters. The fourth-order valence-electron chi connectivity index (χ4n) is 2.04. The lowest BCUT2D eigenvalue weighted by molar-refractivity contribution is 0.538. The number of nitrogens with two attached hydrogens (primary N) is 1. The monoisotopic (exact) mass is 227 g/mol. The molecular weight excluding hydrogens is 214 g/mol. The molecule has 0 saturated carbocycles. The Hall–Kier alpha value is -2.07. The van der Waals surface area contributed by atoms with Crippen LogP contribution in [0.4, 0.5) is 0 Å². The quantitative estimate of drug-likeness (QED) is 0.745. The van der Waals surface area contributed by atoms with Gasteiger partial charge in [-0.25, -0.2) is 0 Å². The molecule has 0 saturated heterocycles. The predicted molar refractivity (Wildman–Crippen MR) is 65.4 cm³/mol. The van der Waals surface area contributed by atoms with Crippen LogP contribution in [0.5, 0.6) is 0 Å². The van der Waals surface area contributed by atoms with E-state index in [0.717, 1.165) is 22.3 Å². The number of aromatic nitrogens is 2. The van der Waals surface area contributed by atoms with Crippen molar-refractivity contribution in [3.63, 3.8) is 0 Å². The van der Waals surface area contributed by atoms with Crippen molar-refractivity contribution in [2.45, 2.75) is 13.1 Å². The van der Waals surface area contributed by atoms with Crippen molar-refractivity contribution in [2.24, 2.45) is 5.73 Å². The van der Waals surface area contributed by atoms with Gasteiger partial charge in [0.25, 0.3) is 0 Å². The van der Waals surface area contributed by atoms with E-state index in [0.29, 0.717) is 13.1 Å². The van der Waals surface area contributed by atoms with E-state index in [2.05, 4.69) is 11.2 Å². The summed E-state index contributed by atoms with van der Waals surface area (Å²) in [6.45, 7) is 1.10. The molecule has 0 aliphatic heterocycles. The van der Waals surface area contributed by atoms with E-state index in [4.69, 9.17) is 10.2 Å². The molecule has 3 aromatic rings. The van der Waals surface area contributed by atoms with Crippen LogP contribution < -0.4 is 5.73 Å². The zero-order chi connectivity index (χ0) is 11.7. The molecule has 17 heavy (non-hydrogen) atoms. The van der Waals surface area contributed by atoms with Crippen LogP contribution >= 0.6 is 0 Å².